The van der Waals surface area contributed by atoms with Crippen molar-refractivity contribution in [3.63, 3.8) is 0 Å². The van der Waals surface area contributed by atoms with Crippen LogP contribution in [0, 0.1) is 5.82 Å². The zero-order chi connectivity index (χ0) is 12.6. The van der Waals surface area contributed by atoms with Crippen LogP contribution in [0.3, 0.4) is 0 Å². The molecule has 2 N–H and O–H groups in total. The molecule has 0 aliphatic carbocycles. The standard InChI is InChI=1S/C13H18BrFN2/c1-3-9-5-4-8(2)17(9)13-6-10(14)11(15)7-12(13)16/h6-9H,3-5,16H2,1-2H3. The van der Waals surface area contributed by atoms with Crippen LogP contribution < -0.4 is 10.6 Å². The third-order valence-electron chi connectivity index (χ3n) is 3.60. The second-order valence-electron chi connectivity index (χ2n) is 4.72. The van der Waals surface area contributed by atoms with E-state index in [2.05, 4.69) is 34.7 Å². The lowest BCUT2D eigenvalue weighted by molar-refractivity contribution is 0.614. The van der Waals surface area contributed by atoms with Crippen molar-refractivity contribution in [2.45, 2.75) is 45.2 Å². The second-order valence-corrected chi connectivity index (χ2v) is 5.58. The normalized spacial score (nSPS) is 24.4. The van der Waals surface area contributed by atoms with Crippen LogP contribution in [0.1, 0.15) is 33.1 Å². The summed E-state index contributed by atoms with van der Waals surface area (Å²) in [5.41, 5.74) is 7.43. The first-order chi connectivity index (χ1) is 8.04. The van der Waals surface area contributed by atoms with E-state index in [1.54, 1.807) is 6.07 Å². The first-order valence-corrected chi connectivity index (χ1v) is 6.86. The Labute approximate surface area is 110 Å². The van der Waals surface area contributed by atoms with Crippen molar-refractivity contribution in [3.8, 4) is 0 Å². The van der Waals surface area contributed by atoms with Gasteiger partial charge in [-0.2, -0.15) is 0 Å². The van der Waals surface area contributed by atoms with Gasteiger partial charge in [0.05, 0.1) is 15.8 Å². The van der Waals surface area contributed by atoms with Crippen molar-refractivity contribution < 1.29 is 4.39 Å². The second kappa shape index (κ2) is 4.84. The van der Waals surface area contributed by atoms with E-state index >= 15 is 0 Å². The molecule has 17 heavy (non-hydrogen) atoms. The molecule has 2 unspecified atom stereocenters. The molecule has 1 heterocycles. The van der Waals surface area contributed by atoms with Gasteiger partial charge < -0.3 is 10.6 Å². The number of hydrogen-bond acceptors (Lipinski definition) is 2. The van der Waals surface area contributed by atoms with Crippen LogP contribution in [0.25, 0.3) is 0 Å². The average Bonchev–Trinajstić information content (AvgIpc) is 2.65. The number of nitrogens with two attached hydrogens (primary N) is 1. The highest BCUT2D eigenvalue weighted by Crippen LogP contribution is 2.37. The lowest BCUT2D eigenvalue weighted by atomic mass is 10.1. The van der Waals surface area contributed by atoms with Crippen molar-refractivity contribution >= 4 is 27.3 Å². The Balaban J connectivity index is 2.42. The number of hydrogen-bond donors (Lipinski definition) is 1. The maximum atomic E-state index is 13.4. The van der Waals surface area contributed by atoms with Crippen LogP contribution in [0.2, 0.25) is 0 Å². The van der Waals surface area contributed by atoms with Gasteiger partial charge in [-0.25, -0.2) is 4.39 Å². The maximum Gasteiger partial charge on any atom is 0.139 e. The molecule has 1 aromatic carbocycles. The van der Waals surface area contributed by atoms with E-state index in [1.807, 2.05) is 0 Å². The number of nitrogen functional groups attached to an aromatic ring is 1. The molecule has 0 amide bonds. The molecule has 1 saturated heterocycles. The summed E-state index contributed by atoms with van der Waals surface area (Å²) in [6.07, 6.45) is 3.46. The van der Waals surface area contributed by atoms with Gasteiger partial charge in [0.2, 0.25) is 0 Å². The zero-order valence-corrected chi connectivity index (χ0v) is 11.8. The maximum absolute atomic E-state index is 13.4. The van der Waals surface area contributed by atoms with Gasteiger partial charge in [0.1, 0.15) is 5.82 Å². The Morgan fingerprint density at radius 2 is 2.18 bits per heavy atom. The smallest absolute Gasteiger partial charge is 0.139 e. The number of benzene rings is 1. The number of anilines is 2. The molecule has 0 radical (unpaired) electrons. The first kappa shape index (κ1) is 12.7. The van der Waals surface area contributed by atoms with E-state index in [9.17, 15) is 4.39 Å². The van der Waals surface area contributed by atoms with Gasteiger partial charge in [-0.15, -0.1) is 0 Å². The highest BCUT2D eigenvalue weighted by atomic mass is 79.9. The summed E-state index contributed by atoms with van der Waals surface area (Å²) in [6.45, 7) is 4.39. The summed E-state index contributed by atoms with van der Waals surface area (Å²) in [6, 6.07) is 4.19. The van der Waals surface area contributed by atoms with Crippen LogP contribution in [-0.4, -0.2) is 12.1 Å². The van der Waals surface area contributed by atoms with E-state index in [0.717, 1.165) is 12.1 Å². The average molecular weight is 301 g/mol. The molecule has 0 aromatic heterocycles. The molecule has 1 aromatic rings. The molecule has 1 fully saturated rings. The molecular formula is C13H18BrFN2. The Bertz CT molecular complexity index is 422. The fraction of sp³-hybridized carbons (Fsp3) is 0.538. The summed E-state index contributed by atoms with van der Waals surface area (Å²) >= 11 is 3.23. The first-order valence-electron chi connectivity index (χ1n) is 6.07. The summed E-state index contributed by atoms with van der Waals surface area (Å²) in [5, 5.41) is 0. The molecule has 0 bridgehead atoms. The van der Waals surface area contributed by atoms with E-state index in [0.29, 0.717) is 22.2 Å². The van der Waals surface area contributed by atoms with Gasteiger partial charge >= 0.3 is 0 Å². The van der Waals surface area contributed by atoms with Crippen molar-refractivity contribution in [1.82, 2.24) is 0 Å². The molecule has 4 heteroatoms. The van der Waals surface area contributed by atoms with E-state index in [1.165, 1.54) is 18.9 Å². The fourth-order valence-electron chi connectivity index (χ4n) is 2.68. The molecule has 0 spiro atoms. The lowest BCUT2D eigenvalue weighted by Gasteiger charge is -2.31. The number of halogens is 2. The summed E-state index contributed by atoms with van der Waals surface area (Å²) in [4.78, 5) is 2.33. The van der Waals surface area contributed by atoms with Crippen molar-refractivity contribution in [1.29, 1.82) is 0 Å². The molecule has 94 valence electrons. The Morgan fingerprint density at radius 1 is 1.47 bits per heavy atom. The molecule has 2 rings (SSSR count). The fourth-order valence-corrected chi connectivity index (χ4v) is 3.01. The van der Waals surface area contributed by atoms with E-state index < -0.39 is 0 Å². The molecule has 1 aliphatic rings. The number of nitrogens with zero attached hydrogens (tertiary/aromatic N) is 1. The van der Waals surface area contributed by atoms with Crippen LogP contribution in [0.4, 0.5) is 15.8 Å². The SMILES string of the molecule is CCC1CCC(C)N1c1cc(Br)c(F)cc1N. The molecular weight excluding hydrogens is 283 g/mol. The van der Waals surface area contributed by atoms with E-state index in [4.69, 9.17) is 5.73 Å². The zero-order valence-electron chi connectivity index (χ0n) is 10.2. The molecule has 1 aliphatic heterocycles. The predicted molar refractivity (Wildman–Crippen MR) is 73.8 cm³/mol. The van der Waals surface area contributed by atoms with Crippen LogP contribution in [0.15, 0.2) is 16.6 Å². The topological polar surface area (TPSA) is 29.3 Å². The summed E-state index contributed by atoms with van der Waals surface area (Å²) in [7, 11) is 0. The Hall–Kier alpha value is -0.770. The van der Waals surface area contributed by atoms with Gasteiger partial charge in [0.25, 0.3) is 0 Å². The third-order valence-corrected chi connectivity index (χ3v) is 4.21. The third kappa shape index (κ3) is 2.28. The summed E-state index contributed by atoms with van der Waals surface area (Å²) in [5.74, 6) is -0.300. The van der Waals surface area contributed by atoms with Crippen LogP contribution in [-0.2, 0) is 0 Å². The highest BCUT2D eigenvalue weighted by Gasteiger charge is 2.30. The minimum atomic E-state index is -0.300. The monoisotopic (exact) mass is 300 g/mol. The molecule has 2 atom stereocenters. The quantitative estimate of drug-likeness (QED) is 0.838. The highest BCUT2D eigenvalue weighted by molar-refractivity contribution is 9.10. The largest absolute Gasteiger partial charge is 0.397 e. The Kier molecular flexibility index (Phi) is 3.61. The van der Waals surface area contributed by atoms with Gasteiger partial charge in [-0.05, 0) is 48.2 Å². The Morgan fingerprint density at radius 3 is 2.82 bits per heavy atom. The minimum absolute atomic E-state index is 0.300. The van der Waals surface area contributed by atoms with Crippen molar-refractivity contribution in [3.05, 3.63) is 22.4 Å². The number of rotatable bonds is 2. The van der Waals surface area contributed by atoms with Crippen molar-refractivity contribution in [2.24, 2.45) is 0 Å². The van der Waals surface area contributed by atoms with E-state index in [-0.39, 0.29) is 5.82 Å². The van der Waals surface area contributed by atoms with Gasteiger partial charge in [0, 0.05) is 18.2 Å². The predicted octanol–water partition coefficient (Wildman–Crippen LogP) is 3.94. The van der Waals surface area contributed by atoms with Gasteiger partial charge in [-0.1, -0.05) is 6.92 Å². The van der Waals surface area contributed by atoms with Gasteiger partial charge in [-0.3, -0.25) is 0 Å². The molecule has 2 nitrogen and oxygen atoms in total. The minimum Gasteiger partial charge on any atom is -0.397 e. The van der Waals surface area contributed by atoms with Crippen LogP contribution in [0.5, 0.6) is 0 Å². The van der Waals surface area contributed by atoms with Crippen molar-refractivity contribution in [2.75, 3.05) is 10.6 Å². The molecule has 0 saturated carbocycles. The lowest BCUT2D eigenvalue weighted by Crippen LogP contribution is -2.34. The van der Waals surface area contributed by atoms with Crippen LogP contribution >= 0.6 is 15.9 Å². The van der Waals surface area contributed by atoms with Gasteiger partial charge in [0.15, 0.2) is 0 Å². The summed E-state index contributed by atoms with van der Waals surface area (Å²) < 4.78 is 13.9.